The number of rotatable bonds is 5. The standard InChI is InChI=1S/C21H26ClN5O2/c1-4-5-6-11-25-19(28)17-18(24(3)21(25)29)23-20-26(12-14(2)13-27(17)20)16-9-7-15(22)8-10-16/h7-10,14H,4-6,11-13H2,1-3H3/t14-/m0/s1. The smallest absolute Gasteiger partial charge is 0.312 e. The van der Waals surface area contributed by atoms with E-state index in [-0.39, 0.29) is 11.2 Å². The molecular weight excluding hydrogens is 390 g/mol. The van der Waals surface area contributed by atoms with Crippen LogP contribution in [0.15, 0.2) is 33.9 Å². The molecule has 1 aromatic carbocycles. The maximum absolute atomic E-state index is 13.3. The fourth-order valence-corrected chi connectivity index (χ4v) is 4.19. The Bertz CT molecular complexity index is 1160. The molecule has 0 N–H and O–H groups in total. The highest BCUT2D eigenvalue weighted by atomic mass is 35.5. The Hall–Kier alpha value is -2.54. The second kappa shape index (κ2) is 7.71. The number of imidazole rings is 1. The molecule has 4 rings (SSSR count). The van der Waals surface area contributed by atoms with Crippen LogP contribution in [0.2, 0.25) is 5.02 Å². The monoisotopic (exact) mass is 415 g/mol. The fraction of sp³-hybridized carbons (Fsp3) is 0.476. The van der Waals surface area contributed by atoms with Gasteiger partial charge in [-0.2, -0.15) is 4.98 Å². The maximum Gasteiger partial charge on any atom is 0.332 e. The lowest BCUT2D eigenvalue weighted by atomic mass is 10.1. The van der Waals surface area contributed by atoms with Crippen molar-refractivity contribution in [3.63, 3.8) is 0 Å². The van der Waals surface area contributed by atoms with Crippen molar-refractivity contribution in [3.05, 3.63) is 50.1 Å². The van der Waals surface area contributed by atoms with E-state index in [1.165, 1.54) is 9.13 Å². The highest BCUT2D eigenvalue weighted by Gasteiger charge is 2.29. The molecule has 0 aliphatic carbocycles. The van der Waals surface area contributed by atoms with E-state index in [0.717, 1.165) is 31.5 Å². The zero-order chi connectivity index (χ0) is 20.7. The largest absolute Gasteiger partial charge is 0.332 e. The van der Waals surface area contributed by atoms with Crippen molar-refractivity contribution in [2.24, 2.45) is 13.0 Å². The van der Waals surface area contributed by atoms with Crippen LogP contribution in [0.1, 0.15) is 33.1 Å². The predicted octanol–water partition coefficient (Wildman–Crippen LogP) is 3.53. The van der Waals surface area contributed by atoms with Crippen molar-refractivity contribution in [3.8, 4) is 0 Å². The molecule has 154 valence electrons. The number of halogens is 1. The van der Waals surface area contributed by atoms with Crippen LogP contribution in [0.5, 0.6) is 0 Å². The Labute approximate surface area is 174 Å². The van der Waals surface area contributed by atoms with E-state index in [9.17, 15) is 9.59 Å². The number of aromatic nitrogens is 4. The molecule has 3 heterocycles. The minimum atomic E-state index is -0.305. The van der Waals surface area contributed by atoms with Crippen molar-refractivity contribution in [1.29, 1.82) is 0 Å². The molecule has 0 spiro atoms. The third-order valence-corrected chi connectivity index (χ3v) is 5.82. The highest BCUT2D eigenvalue weighted by molar-refractivity contribution is 6.30. The van der Waals surface area contributed by atoms with E-state index < -0.39 is 0 Å². The third-order valence-electron chi connectivity index (χ3n) is 5.57. The average molecular weight is 416 g/mol. The summed E-state index contributed by atoms with van der Waals surface area (Å²) >= 11 is 6.05. The van der Waals surface area contributed by atoms with Gasteiger partial charge < -0.3 is 9.47 Å². The van der Waals surface area contributed by atoms with Crippen LogP contribution in [0.3, 0.4) is 0 Å². The van der Waals surface area contributed by atoms with E-state index in [1.807, 2.05) is 28.8 Å². The molecule has 2 aromatic heterocycles. The van der Waals surface area contributed by atoms with E-state index in [2.05, 4.69) is 18.7 Å². The van der Waals surface area contributed by atoms with Gasteiger partial charge in [0.15, 0.2) is 11.2 Å². The number of nitrogens with zero attached hydrogens (tertiary/aromatic N) is 5. The van der Waals surface area contributed by atoms with Gasteiger partial charge in [-0.25, -0.2) is 4.79 Å². The first kappa shape index (κ1) is 19.8. The second-order valence-electron chi connectivity index (χ2n) is 7.89. The summed E-state index contributed by atoms with van der Waals surface area (Å²) in [4.78, 5) is 32.9. The molecule has 0 saturated heterocycles. The van der Waals surface area contributed by atoms with Crippen LogP contribution in [0, 0.1) is 5.92 Å². The van der Waals surface area contributed by atoms with E-state index in [1.54, 1.807) is 7.05 Å². The minimum Gasteiger partial charge on any atom is -0.312 e. The molecular formula is C21H26ClN5O2. The number of aryl methyl sites for hydroxylation is 1. The van der Waals surface area contributed by atoms with Crippen LogP contribution in [-0.4, -0.2) is 25.2 Å². The summed E-state index contributed by atoms with van der Waals surface area (Å²) in [5, 5.41) is 0.671. The van der Waals surface area contributed by atoms with E-state index in [0.29, 0.717) is 41.1 Å². The van der Waals surface area contributed by atoms with Gasteiger partial charge in [0.25, 0.3) is 5.56 Å². The van der Waals surface area contributed by atoms with Crippen LogP contribution in [0.4, 0.5) is 11.6 Å². The van der Waals surface area contributed by atoms with Crippen molar-refractivity contribution >= 4 is 34.4 Å². The molecule has 1 aliphatic rings. The zero-order valence-corrected chi connectivity index (χ0v) is 17.8. The molecule has 3 aromatic rings. The first-order chi connectivity index (χ1) is 13.9. The van der Waals surface area contributed by atoms with Crippen LogP contribution >= 0.6 is 11.6 Å². The molecule has 29 heavy (non-hydrogen) atoms. The van der Waals surface area contributed by atoms with Crippen LogP contribution in [0.25, 0.3) is 11.2 Å². The Kier molecular flexibility index (Phi) is 5.25. The van der Waals surface area contributed by atoms with Crippen molar-refractivity contribution < 1.29 is 0 Å². The Balaban J connectivity index is 1.91. The summed E-state index contributed by atoms with van der Waals surface area (Å²) in [6, 6.07) is 7.59. The Morgan fingerprint density at radius 1 is 1.14 bits per heavy atom. The summed E-state index contributed by atoms with van der Waals surface area (Å²) in [7, 11) is 1.69. The molecule has 0 saturated carbocycles. The maximum atomic E-state index is 13.3. The normalized spacial score (nSPS) is 16.4. The number of hydrogen-bond donors (Lipinski definition) is 0. The summed E-state index contributed by atoms with van der Waals surface area (Å²) in [6.45, 7) is 6.16. The molecule has 0 unspecified atom stereocenters. The van der Waals surface area contributed by atoms with Gasteiger partial charge in [-0.15, -0.1) is 0 Å². The number of unbranched alkanes of at least 4 members (excludes halogenated alkanes) is 2. The topological polar surface area (TPSA) is 65.1 Å². The lowest BCUT2D eigenvalue weighted by molar-refractivity contribution is 0.457. The van der Waals surface area contributed by atoms with Gasteiger partial charge in [0.2, 0.25) is 5.95 Å². The lowest BCUT2D eigenvalue weighted by Crippen LogP contribution is -2.40. The molecule has 0 fully saturated rings. The summed E-state index contributed by atoms with van der Waals surface area (Å²) < 4.78 is 4.83. The number of hydrogen-bond acceptors (Lipinski definition) is 4. The first-order valence-electron chi connectivity index (χ1n) is 10.2. The van der Waals surface area contributed by atoms with E-state index in [4.69, 9.17) is 16.6 Å². The summed E-state index contributed by atoms with van der Waals surface area (Å²) in [5.74, 6) is 1.01. The van der Waals surface area contributed by atoms with Gasteiger partial charge in [-0.05, 0) is 36.6 Å². The first-order valence-corrected chi connectivity index (χ1v) is 10.5. The number of anilines is 2. The van der Waals surface area contributed by atoms with Gasteiger partial charge in [-0.1, -0.05) is 38.3 Å². The van der Waals surface area contributed by atoms with Crippen molar-refractivity contribution in [1.82, 2.24) is 18.7 Å². The van der Waals surface area contributed by atoms with Crippen LogP contribution < -0.4 is 16.1 Å². The van der Waals surface area contributed by atoms with Crippen molar-refractivity contribution in [2.75, 3.05) is 11.4 Å². The summed E-state index contributed by atoms with van der Waals surface area (Å²) in [5.41, 5.74) is 1.35. The average Bonchev–Trinajstić information content (AvgIpc) is 3.08. The Morgan fingerprint density at radius 2 is 1.86 bits per heavy atom. The molecule has 0 amide bonds. The minimum absolute atomic E-state index is 0.247. The molecule has 7 nitrogen and oxygen atoms in total. The van der Waals surface area contributed by atoms with Gasteiger partial charge in [0, 0.05) is 37.4 Å². The highest BCUT2D eigenvalue weighted by Crippen LogP contribution is 2.33. The van der Waals surface area contributed by atoms with E-state index >= 15 is 0 Å². The summed E-state index contributed by atoms with van der Waals surface area (Å²) in [6.07, 6.45) is 2.83. The lowest BCUT2D eigenvalue weighted by Gasteiger charge is -2.33. The number of fused-ring (bicyclic) bond motifs is 3. The molecule has 1 atom stereocenters. The van der Waals surface area contributed by atoms with Gasteiger partial charge >= 0.3 is 5.69 Å². The van der Waals surface area contributed by atoms with Crippen molar-refractivity contribution in [2.45, 2.75) is 46.2 Å². The molecule has 1 aliphatic heterocycles. The van der Waals surface area contributed by atoms with Gasteiger partial charge in [-0.3, -0.25) is 13.9 Å². The fourth-order valence-electron chi connectivity index (χ4n) is 4.06. The quantitative estimate of drug-likeness (QED) is 0.598. The molecule has 0 bridgehead atoms. The molecule has 0 radical (unpaired) electrons. The molecule has 8 heteroatoms. The zero-order valence-electron chi connectivity index (χ0n) is 17.1. The predicted molar refractivity (Wildman–Crippen MR) is 116 cm³/mol. The second-order valence-corrected chi connectivity index (χ2v) is 8.33. The SMILES string of the molecule is CCCCCn1c(=O)c2c(nc3n2C[C@@H](C)CN3c2ccc(Cl)cc2)n(C)c1=O. The van der Waals surface area contributed by atoms with Gasteiger partial charge in [0.05, 0.1) is 0 Å². The third kappa shape index (κ3) is 3.37. The van der Waals surface area contributed by atoms with Crippen LogP contribution in [-0.2, 0) is 20.1 Å². The van der Waals surface area contributed by atoms with Gasteiger partial charge in [0.1, 0.15) is 0 Å². The Morgan fingerprint density at radius 3 is 2.55 bits per heavy atom. The number of benzene rings is 1.